The van der Waals surface area contributed by atoms with Crippen molar-refractivity contribution in [3.8, 4) is 0 Å². The van der Waals surface area contributed by atoms with Crippen LogP contribution in [0.5, 0.6) is 0 Å². The first-order valence-corrected chi connectivity index (χ1v) is 6.60. The number of amides is 1. The van der Waals surface area contributed by atoms with E-state index in [1.165, 1.54) is 12.3 Å². The standard InChI is InChI=1S/C13H19ClN2O3/c1-8(2)3-9(4-12(17)18)6-16-13(19)11-5-10(14)7-15-11/h5,7-9,15H,3-4,6H2,1-2H3,(H,16,19)(H,17,18). The van der Waals surface area contributed by atoms with Crippen molar-refractivity contribution >= 4 is 23.5 Å². The topological polar surface area (TPSA) is 82.2 Å². The molecule has 0 bridgehead atoms. The Bertz CT molecular complexity index is 443. The van der Waals surface area contributed by atoms with E-state index in [9.17, 15) is 9.59 Å². The second-order valence-electron chi connectivity index (χ2n) is 5.04. The number of carbonyl (C=O) groups is 2. The van der Waals surface area contributed by atoms with E-state index >= 15 is 0 Å². The van der Waals surface area contributed by atoms with Crippen LogP contribution < -0.4 is 5.32 Å². The number of hydrogen-bond donors (Lipinski definition) is 3. The quantitative estimate of drug-likeness (QED) is 0.720. The van der Waals surface area contributed by atoms with Gasteiger partial charge in [-0.2, -0.15) is 0 Å². The molecule has 1 heterocycles. The first-order chi connectivity index (χ1) is 8.88. The maximum atomic E-state index is 11.8. The lowest BCUT2D eigenvalue weighted by Gasteiger charge is -2.17. The Morgan fingerprint density at radius 3 is 2.63 bits per heavy atom. The van der Waals surface area contributed by atoms with Crippen molar-refractivity contribution in [2.45, 2.75) is 26.7 Å². The Morgan fingerprint density at radius 2 is 2.16 bits per heavy atom. The van der Waals surface area contributed by atoms with Gasteiger partial charge in [-0.3, -0.25) is 9.59 Å². The maximum Gasteiger partial charge on any atom is 0.303 e. The number of nitrogens with one attached hydrogen (secondary N) is 2. The number of carbonyl (C=O) groups excluding carboxylic acids is 1. The molecule has 6 heteroatoms. The molecule has 1 aromatic heterocycles. The molecule has 0 fully saturated rings. The number of aromatic amines is 1. The summed E-state index contributed by atoms with van der Waals surface area (Å²) in [7, 11) is 0. The Kier molecular flexibility index (Phi) is 5.89. The molecule has 1 rings (SSSR count). The zero-order valence-corrected chi connectivity index (χ0v) is 11.8. The number of aliphatic carboxylic acids is 1. The van der Waals surface area contributed by atoms with Crippen molar-refractivity contribution in [2.75, 3.05) is 6.54 Å². The SMILES string of the molecule is CC(C)CC(CNC(=O)c1cc(Cl)c[nH]1)CC(=O)O. The fourth-order valence-corrected chi connectivity index (χ4v) is 2.15. The largest absolute Gasteiger partial charge is 0.481 e. The van der Waals surface area contributed by atoms with Crippen molar-refractivity contribution < 1.29 is 14.7 Å². The van der Waals surface area contributed by atoms with Crippen LogP contribution in [-0.2, 0) is 4.79 Å². The molecule has 1 amide bonds. The van der Waals surface area contributed by atoms with Gasteiger partial charge < -0.3 is 15.4 Å². The molecule has 1 unspecified atom stereocenters. The second-order valence-corrected chi connectivity index (χ2v) is 5.47. The lowest BCUT2D eigenvalue weighted by Crippen LogP contribution is -2.31. The van der Waals surface area contributed by atoms with E-state index in [0.29, 0.717) is 23.2 Å². The van der Waals surface area contributed by atoms with Crippen LogP contribution in [0.2, 0.25) is 5.02 Å². The van der Waals surface area contributed by atoms with Crippen LogP contribution in [0, 0.1) is 11.8 Å². The summed E-state index contributed by atoms with van der Waals surface area (Å²) in [4.78, 5) is 25.3. The van der Waals surface area contributed by atoms with Gasteiger partial charge in [0.05, 0.1) is 5.02 Å². The Balaban J connectivity index is 2.50. The molecule has 0 aliphatic carbocycles. The number of aromatic nitrogens is 1. The lowest BCUT2D eigenvalue weighted by molar-refractivity contribution is -0.138. The molecule has 0 aliphatic heterocycles. The van der Waals surface area contributed by atoms with Crippen LogP contribution in [0.25, 0.3) is 0 Å². The molecule has 1 atom stereocenters. The van der Waals surface area contributed by atoms with Crippen LogP contribution in [-0.4, -0.2) is 28.5 Å². The number of halogens is 1. The highest BCUT2D eigenvalue weighted by Crippen LogP contribution is 2.15. The first-order valence-electron chi connectivity index (χ1n) is 6.22. The molecule has 0 aliphatic rings. The minimum Gasteiger partial charge on any atom is -0.481 e. The fourth-order valence-electron chi connectivity index (χ4n) is 1.98. The summed E-state index contributed by atoms with van der Waals surface area (Å²) < 4.78 is 0. The van der Waals surface area contributed by atoms with Crippen molar-refractivity contribution in [3.05, 3.63) is 23.0 Å². The zero-order chi connectivity index (χ0) is 14.4. The summed E-state index contributed by atoms with van der Waals surface area (Å²) in [6.45, 7) is 4.41. The summed E-state index contributed by atoms with van der Waals surface area (Å²) in [5.41, 5.74) is 0.378. The van der Waals surface area contributed by atoms with E-state index in [2.05, 4.69) is 10.3 Å². The third-order valence-corrected chi connectivity index (χ3v) is 2.93. The second kappa shape index (κ2) is 7.19. The van der Waals surface area contributed by atoms with Gasteiger partial charge in [-0.15, -0.1) is 0 Å². The van der Waals surface area contributed by atoms with E-state index in [0.717, 1.165) is 6.42 Å². The van der Waals surface area contributed by atoms with Gasteiger partial charge in [-0.1, -0.05) is 25.4 Å². The summed E-state index contributed by atoms with van der Waals surface area (Å²) in [6.07, 6.45) is 2.35. The van der Waals surface area contributed by atoms with Gasteiger partial charge >= 0.3 is 5.97 Å². The summed E-state index contributed by atoms with van der Waals surface area (Å²) >= 11 is 5.72. The van der Waals surface area contributed by atoms with E-state index in [1.807, 2.05) is 13.8 Å². The van der Waals surface area contributed by atoms with E-state index in [4.69, 9.17) is 16.7 Å². The highest BCUT2D eigenvalue weighted by Gasteiger charge is 2.17. The van der Waals surface area contributed by atoms with E-state index < -0.39 is 5.97 Å². The molecule has 1 aromatic rings. The Labute approximate surface area is 117 Å². The van der Waals surface area contributed by atoms with Crippen molar-refractivity contribution in [2.24, 2.45) is 11.8 Å². The summed E-state index contributed by atoms with van der Waals surface area (Å²) in [5.74, 6) is -0.790. The van der Waals surface area contributed by atoms with Crippen LogP contribution in [0.3, 0.4) is 0 Å². The molecular weight excluding hydrogens is 268 g/mol. The molecule has 0 spiro atoms. The summed E-state index contributed by atoms with van der Waals surface area (Å²) in [6, 6.07) is 1.53. The average molecular weight is 287 g/mol. The molecule has 19 heavy (non-hydrogen) atoms. The van der Waals surface area contributed by atoms with E-state index in [1.54, 1.807) is 0 Å². The molecule has 0 saturated carbocycles. The average Bonchev–Trinajstić information content (AvgIpc) is 2.71. The number of H-pyrrole nitrogens is 1. The van der Waals surface area contributed by atoms with Crippen molar-refractivity contribution in [1.82, 2.24) is 10.3 Å². The molecule has 0 radical (unpaired) electrons. The van der Waals surface area contributed by atoms with Crippen molar-refractivity contribution in [3.63, 3.8) is 0 Å². The van der Waals surface area contributed by atoms with Crippen molar-refractivity contribution in [1.29, 1.82) is 0 Å². The molecule has 3 N–H and O–H groups in total. The maximum absolute atomic E-state index is 11.8. The van der Waals surface area contributed by atoms with E-state index in [-0.39, 0.29) is 18.2 Å². The first kappa shape index (κ1) is 15.6. The third kappa shape index (κ3) is 5.79. The van der Waals surface area contributed by atoms with Crippen LogP contribution >= 0.6 is 11.6 Å². The Hall–Kier alpha value is -1.49. The number of carboxylic acids is 1. The zero-order valence-electron chi connectivity index (χ0n) is 11.1. The third-order valence-electron chi connectivity index (χ3n) is 2.71. The predicted octanol–water partition coefficient (Wildman–Crippen LogP) is 2.53. The molecule has 106 valence electrons. The Morgan fingerprint density at radius 1 is 1.47 bits per heavy atom. The minimum atomic E-state index is -0.845. The normalized spacial score (nSPS) is 12.4. The lowest BCUT2D eigenvalue weighted by atomic mass is 9.94. The smallest absolute Gasteiger partial charge is 0.303 e. The van der Waals surface area contributed by atoms with Gasteiger partial charge in [0.1, 0.15) is 5.69 Å². The monoisotopic (exact) mass is 286 g/mol. The number of carboxylic acid groups (broad SMARTS) is 1. The number of rotatable bonds is 7. The highest BCUT2D eigenvalue weighted by atomic mass is 35.5. The van der Waals surface area contributed by atoms with Gasteiger partial charge in [0.2, 0.25) is 0 Å². The van der Waals surface area contributed by atoms with Gasteiger partial charge in [0, 0.05) is 19.2 Å². The van der Waals surface area contributed by atoms with Gasteiger partial charge in [-0.25, -0.2) is 0 Å². The van der Waals surface area contributed by atoms with Crippen LogP contribution in [0.1, 0.15) is 37.2 Å². The summed E-state index contributed by atoms with van der Waals surface area (Å²) in [5, 5.41) is 12.0. The molecule has 0 saturated heterocycles. The van der Waals surface area contributed by atoms with Crippen LogP contribution in [0.4, 0.5) is 0 Å². The highest BCUT2D eigenvalue weighted by molar-refractivity contribution is 6.30. The fraction of sp³-hybridized carbons (Fsp3) is 0.538. The molecular formula is C13H19ClN2O3. The number of hydrogen-bond acceptors (Lipinski definition) is 2. The van der Waals surface area contributed by atoms with Gasteiger partial charge in [-0.05, 0) is 24.3 Å². The van der Waals surface area contributed by atoms with Gasteiger partial charge in [0.25, 0.3) is 5.91 Å². The molecule has 0 aromatic carbocycles. The molecule has 5 nitrogen and oxygen atoms in total. The van der Waals surface area contributed by atoms with Crippen LogP contribution in [0.15, 0.2) is 12.3 Å². The predicted molar refractivity (Wildman–Crippen MR) is 73.3 cm³/mol. The minimum absolute atomic E-state index is 0.0595. The van der Waals surface area contributed by atoms with Gasteiger partial charge in [0.15, 0.2) is 0 Å².